The summed E-state index contributed by atoms with van der Waals surface area (Å²) in [5.74, 6) is 0.245. The van der Waals surface area contributed by atoms with E-state index in [4.69, 9.17) is 0 Å². The number of hydrogen-bond acceptors (Lipinski definition) is 3. The summed E-state index contributed by atoms with van der Waals surface area (Å²) in [5, 5.41) is 9.18. The van der Waals surface area contributed by atoms with Gasteiger partial charge in [0.2, 0.25) is 10.0 Å². The van der Waals surface area contributed by atoms with Crippen molar-refractivity contribution in [1.29, 1.82) is 0 Å². The minimum Gasteiger partial charge on any atom is -0.508 e. The van der Waals surface area contributed by atoms with Gasteiger partial charge in [-0.1, -0.05) is 42.5 Å². The van der Waals surface area contributed by atoms with Crippen molar-refractivity contribution >= 4 is 10.0 Å². The lowest BCUT2D eigenvalue weighted by atomic mass is 10.1. The normalized spacial score (nSPS) is 11.4. The van der Waals surface area contributed by atoms with E-state index in [0.29, 0.717) is 6.54 Å². The topological polar surface area (TPSA) is 66.4 Å². The van der Waals surface area contributed by atoms with Crippen LogP contribution in [-0.4, -0.2) is 20.1 Å². The van der Waals surface area contributed by atoms with Crippen molar-refractivity contribution < 1.29 is 13.5 Å². The third-order valence-electron chi connectivity index (χ3n) is 3.10. The lowest BCUT2D eigenvalue weighted by Crippen LogP contribution is -2.26. The molecule has 0 bridgehead atoms. The molecule has 0 saturated heterocycles. The molecule has 112 valence electrons. The Balaban J connectivity index is 1.76. The van der Waals surface area contributed by atoms with E-state index >= 15 is 0 Å². The summed E-state index contributed by atoms with van der Waals surface area (Å²) < 4.78 is 26.4. The number of phenolic OH excluding ortho intramolecular Hbond substituents is 1. The molecule has 0 aromatic heterocycles. The predicted octanol–water partition coefficient (Wildman–Crippen LogP) is 2.44. The molecule has 2 aromatic rings. The zero-order valence-electron chi connectivity index (χ0n) is 11.7. The molecule has 4 nitrogen and oxygen atoms in total. The fourth-order valence-electron chi connectivity index (χ4n) is 2.03. The quantitative estimate of drug-likeness (QED) is 0.772. The van der Waals surface area contributed by atoms with Gasteiger partial charge in [-0.15, -0.1) is 0 Å². The molecular weight excluding hydrogens is 286 g/mol. The second-order valence-corrected chi connectivity index (χ2v) is 6.72. The van der Waals surface area contributed by atoms with E-state index in [2.05, 4.69) is 4.72 Å². The van der Waals surface area contributed by atoms with Crippen LogP contribution in [-0.2, 0) is 22.2 Å². The smallest absolute Gasteiger partial charge is 0.215 e. The molecular formula is C16H19NO3S. The zero-order valence-corrected chi connectivity index (χ0v) is 12.5. The number of aryl methyl sites for hydroxylation is 1. The Hall–Kier alpha value is -1.85. The van der Waals surface area contributed by atoms with E-state index in [9.17, 15) is 13.5 Å². The highest BCUT2D eigenvalue weighted by Gasteiger charge is 2.10. The van der Waals surface area contributed by atoms with Gasteiger partial charge in [0.15, 0.2) is 0 Å². The summed E-state index contributed by atoms with van der Waals surface area (Å²) in [4.78, 5) is 0. The van der Waals surface area contributed by atoms with Crippen molar-refractivity contribution in [1.82, 2.24) is 4.72 Å². The molecule has 2 aromatic carbocycles. The van der Waals surface area contributed by atoms with E-state index in [1.54, 1.807) is 24.3 Å². The fraction of sp³-hybridized carbons (Fsp3) is 0.250. The first kappa shape index (κ1) is 15.5. The van der Waals surface area contributed by atoms with Crippen LogP contribution in [0.25, 0.3) is 0 Å². The highest BCUT2D eigenvalue weighted by atomic mass is 32.2. The third-order valence-corrected chi connectivity index (χ3v) is 4.46. The Morgan fingerprint density at radius 1 is 0.905 bits per heavy atom. The van der Waals surface area contributed by atoms with Gasteiger partial charge in [0.1, 0.15) is 5.75 Å². The Bertz CT molecular complexity index is 652. The highest BCUT2D eigenvalue weighted by molar-refractivity contribution is 7.88. The molecule has 0 aliphatic heterocycles. The fourth-order valence-corrected chi connectivity index (χ4v) is 3.22. The van der Waals surface area contributed by atoms with Crippen molar-refractivity contribution in [2.75, 3.05) is 6.54 Å². The maximum Gasteiger partial charge on any atom is 0.215 e. The van der Waals surface area contributed by atoms with Crippen LogP contribution in [0.2, 0.25) is 0 Å². The molecule has 0 radical (unpaired) electrons. The van der Waals surface area contributed by atoms with Crippen LogP contribution in [0.1, 0.15) is 17.5 Å². The third kappa shape index (κ3) is 5.57. The van der Waals surface area contributed by atoms with E-state index < -0.39 is 10.0 Å². The van der Waals surface area contributed by atoms with Crippen molar-refractivity contribution in [3.8, 4) is 5.75 Å². The van der Waals surface area contributed by atoms with Crippen LogP contribution in [0.15, 0.2) is 54.6 Å². The average molecular weight is 305 g/mol. The average Bonchev–Trinajstić information content (AvgIpc) is 2.46. The van der Waals surface area contributed by atoms with Gasteiger partial charge in [0, 0.05) is 6.54 Å². The van der Waals surface area contributed by atoms with Crippen LogP contribution >= 0.6 is 0 Å². The molecule has 0 unspecified atom stereocenters. The molecule has 0 amide bonds. The van der Waals surface area contributed by atoms with E-state index in [-0.39, 0.29) is 11.5 Å². The predicted molar refractivity (Wildman–Crippen MR) is 83.5 cm³/mol. The number of hydrogen-bond donors (Lipinski definition) is 2. The molecule has 0 aliphatic rings. The van der Waals surface area contributed by atoms with Crippen molar-refractivity contribution in [2.45, 2.75) is 18.6 Å². The standard InChI is InChI=1S/C16H19NO3S/c18-16-10-8-14(9-11-16)7-4-12-17-21(19,20)13-15-5-2-1-3-6-15/h1-3,5-6,8-11,17-18H,4,7,12-13H2. The maximum absolute atomic E-state index is 11.9. The Labute approximate surface area is 125 Å². The lowest BCUT2D eigenvalue weighted by Gasteiger charge is -2.07. The zero-order chi connectivity index (χ0) is 15.1. The molecule has 0 saturated carbocycles. The van der Waals surface area contributed by atoms with Gasteiger partial charge < -0.3 is 5.11 Å². The van der Waals surface area contributed by atoms with Crippen molar-refractivity contribution in [3.63, 3.8) is 0 Å². The number of benzene rings is 2. The summed E-state index contributed by atoms with van der Waals surface area (Å²) in [5.41, 5.74) is 1.86. The first-order valence-electron chi connectivity index (χ1n) is 6.84. The molecule has 0 fully saturated rings. The van der Waals surface area contributed by atoms with Crippen LogP contribution < -0.4 is 4.72 Å². The summed E-state index contributed by atoms with van der Waals surface area (Å²) in [6.45, 7) is 0.413. The van der Waals surface area contributed by atoms with Gasteiger partial charge in [0.25, 0.3) is 0 Å². The second-order valence-electron chi connectivity index (χ2n) is 4.91. The number of sulfonamides is 1. The van der Waals surface area contributed by atoms with Crippen molar-refractivity contribution in [2.24, 2.45) is 0 Å². The minimum atomic E-state index is -3.29. The minimum absolute atomic E-state index is 0.00699. The van der Waals surface area contributed by atoms with Gasteiger partial charge >= 0.3 is 0 Å². The Morgan fingerprint density at radius 2 is 1.57 bits per heavy atom. The summed E-state index contributed by atoms with van der Waals surface area (Å²) in [6, 6.07) is 16.1. The van der Waals surface area contributed by atoms with Crippen molar-refractivity contribution in [3.05, 3.63) is 65.7 Å². The monoisotopic (exact) mass is 305 g/mol. The van der Waals surface area contributed by atoms with E-state index in [1.165, 1.54) is 0 Å². The van der Waals surface area contributed by atoms with Gasteiger partial charge in [-0.25, -0.2) is 13.1 Å². The summed E-state index contributed by atoms with van der Waals surface area (Å²) >= 11 is 0. The second kappa shape index (κ2) is 7.24. The lowest BCUT2D eigenvalue weighted by molar-refractivity contribution is 0.475. The molecule has 21 heavy (non-hydrogen) atoms. The van der Waals surface area contributed by atoms with Crippen LogP contribution in [0.4, 0.5) is 0 Å². The molecule has 2 rings (SSSR count). The molecule has 5 heteroatoms. The molecule has 0 spiro atoms. The number of nitrogens with one attached hydrogen (secondary N) is 1. The highest BCUT2D eigenvalue weighted by Crippen LogP contribution is 2.11. The van der Waals surface area contributed by atoms with Gasteiger partial charge in [0.05, 0.1) is 5.75 Å². The summed E-state index contributed by atoms with van der Waals surface area (Å²) in [7, 11) is -3.29. The maximum atomic E-state index is 11.9. The summed E-state index contributed by atoms with van der Waals surface area (Å²) in [6.07, 6.45) is 1.49. The van der Waals surface area contributed by atoms with Gasteiger partial charge in [-0.05, 0) is 36.1 Å². The molecule has 0 atom stereocenters. The first-order chi connectivity index (χ1) is 10.1. The number of rotatable bonds is 7. The van der Waals surface area contributed by atoms with Crippen LogP contribution in [0.3, 0.4) is 0 Å². The van der Waals surface area contributed by atoms with E-state index in [1.807, 2.05) is 30.3 Å². The number of aromatic hydroxyl groups is 1. The molecule has 0 aliphatic carbocycles. The molecule has 0 heterocycles. The van der Waals surface area contributed by atoms with E-state index in [0.717, 1.165) is 24.0 Å². The van der Waals surface area contributed by atoms with Gasteiger partial charge in [-0.3, -0.25) is 0 Å². The number of phenols is 1. The molecule has 2 N–H and O–H groups in total. The largest absolute Gasteiger partial charge is 0.508 e. The SMILES string of the molecule is O=S(=O)(Cc1ccccc1)NCCCc1ccc(O)cc1. The first-order valence-corrected chi connectivity index (χ1v) is 8.49. The van der Waals surface area contributed by atoms with Crippen LogP contribution in [0, 0.1) is 0 Å². The Morgan fingerprint density at radius 3 is 2.24 bits per heavy atom. The van der Waals surface area contributed by atoms with Gasteiger partial charge in [-0.2, -0.15) is 0 Å². The Kier molecular flexibility index (Phi) is 5.36. The van der Waals surface area contributed by atoms with Crippen LogP contribution in [0.5, 0.6) is 5.75 Å².